The van der Waals surface area contributed by atoms with Gasteiger partial charge in [0.15, 0.2) is 0 Å². The minimum absolute atomic E-state index is 0.0381. The van der Waals surface area contributed by atoms with E-state index in [0.717, 1.165) is 12.8 Å². The van der Waals surface area contributed by atoms with Gasteiger partial charge in [-0.1, -0.05) is 50.2 Å². The average Bonchev–Trinajstić information content (AvgIpc) is 2.61. The normalized spacial score (nSPS) is 14.4. The highest BCUT2D eigenvalue weighted by molar-refractivity contribution is 5.87. The molecule has 0 aliphatic carbocycles. The molecule has 0 bridgehead atoms. The van der Waals surface area contributed by atoms with Crippen molar-refractivity contribution in [2.24, 2.45) is 5.41 Å². The average molecular weight is 380 g/mol. The summed E-state index contributed by atoms with van der Waals surface area (Å²) in [5, 5.41) is 2.43. The van der Waals surface area contributed by atoms with Crippen LogP contribution in [0, 0.1) is 5.41 Å². The molecule has 1 heterocycles. The standard InChI is InChI=1S/C20H23F3N2O2/c1-18(2,13-16-11-7-8-12-24-16)14-25-17(26)19(27-3,20(21,22)23)15-9-5-4-6-10-15/h4-12H,13-14H2,1-3H3,(H,25,26)/t19-/m1/s1. The van der Waals surface area contributed by atoms with Crippen LogP contribution in [0.2, 0.25) is 0 Å². The lowest BCUT2D eigenvalue weighted by Crippen LogP contribution is -2.56. The van der Waals surface area contributed by atoms with E-state index >= 15 is 0 Å². The molecule has 0 aliphatic rings. The number of methoxy groups -OCH3 is 1. The molecular weight excluding hydrogens is 357 g/mol. The number of carbonyl (C=O) groups is 1. The van der Waals surface area contributed by atoms with Crippen LogP contribution in [0.25, 0.3) is 0 Å². The van der Waals surface area contributed by atoms with Crippen molar-refractivity contribution in [3.8, 4) is 0 Å². The van der Waals surface area contributed by atoms with Crippen LogP contribution >= 0.6 is 0 Å². The molecule has 2 aromatic rings. The number of nitrogens with one attached hydrogen (secondary N) is 1. The minimum atomic E-state index is -4.92. The maximum absolute atomic E-state index is 13.9. The first-order chi connectivity index (χ1) is 12.6. The molecule has 0 saturated carbocycles. The molecule has 1 N–H and O–H groups in total. The van der Waals surface area contributed by atoms with Crippen molar-refractivity contribution in [1.82, 2.24) is 10.3 Å². The molecule has 27 heavy (non-hydrogen) atoms. The number of nitrogens with zero attached hydrogens (tertiary/aromatic N) is 1. The van der Waals surface area contributed by atoms with Crippen molar-refractivity contribution in [3.05, 3.63) is 66.0 Å². The number of hydrogen-bond donors (Lipinski definition) is 1. The number of halogens is 3. The van der Waals surface area contributed by atoms with Gasteiger partial charge in [0, 0.05) is 31.1 Å². The van der Waals surface area contributed by atoms with Gasteiger partial charge in [-0.3, -0.25) is 9.78 Å². The number of alkyl halides is 3. The molecule has 0 saturated heterocycles. The summed E-state index contributed by atoms with van der Waals surface area (Å²) in [6, 6.07) is 12.4. The Balaban J connectivity index is 2.22. The van der Waals surface area contributed by atoms with E-state index in [1.165, 1.54) is 24.3 Å². The molecule has 146 valence electrons. The van der Waals surface area contributed by atoms with E-state index in [-0.39, 0.29) is 12.1 Å². The molecular formula is C20H23F3N2O2. The van der Waals surface area contributed by atoms with Gasteiger partial charge in [0.1, 0.15) is 0 Å². The molecule has 1 aromatic carbocycles. The molecule has 1 amide bonds. The SMILES string of the molecule is CO[C@@](C(=O)NCC(C)(C)Cc1ccccn1)(c1ccccc1)C(F)(F)F. The predicted octanol–water partition coefficient (Wildman–Crippen LogP) is 3.87. The summed E-state index contributed by atoms with van der Waals surface area (Å²) < 4.78 is 46.4. The molecule has 0 unspecified atom stereocenters. The van der Waals surface area contributed by atoms with Crippen LogP contribution in [0.5, 0.6) is 0 Å². The fraction of sp³-hybridized carbons (Fsp3) is 0.400. The number of ether oxygens (including phenoxy) is 1. The summed E-state index contributed by atoms with van der Waals surface area (Å²) in [5.74, 6) is -1.24. The summed E-state index contributed by atoms with van der Waals surface area (Å²) in [4.78, 5) is 16.9. The lowest BCUT2D eigenvalue weighted by atomic mass is 9.86. The second-order valence-corrected chi connectivity index (χ2v) is 7.09. The van der Waals surface area contributed by atoms with E-state index in [0.29, 0.717) is 6.42 Å². The second-order valence-electron chi connectivity index (χ2n) is 7.09. The van der Waals surface area contributed by atoms with E-state index in [2.05, 4.69) is 10.3 Å². The van der Waals surface area contributed by atoms with E-state index in [1.807, 2.05) is 26.0 Å². The van der Waals surface area contributed by atoms with Gasteiger partial charge in [0.25, 0.3) is 11.5 Å². The number of pyridine rings is 1. The fourth-order valence-electron chi connectivity index (χ4n) is 2.92. The van der Waals surface area contributed by atoms with Gasteiger partial charge in [-0.05, 0) is 24.0 Å². The summed E-state index contributed by atoms with van der Waals surface area (Å²) in [5.41, 5.74) is -3.02. The Morgan fingerprint density at radius 1 is 1.07 bits per heavy atom. The van der Waals surface area contributed by atoms with Gasteiger partial charge in [-0.25, -0.2) is 0 Å². The number of amides is 1. The van der Waals surface area contributed by atoms with Crippen molar-refractivity contribution in [2.45, 2.75) is 32.0 Å². The minimum Gasteiger partial charge on any atom is -0.356 e. The van der Waals surface area contributed by atoms with Crippen molar-refractivity contribution in [3.63, 3.8) is 0 Å². The molecule has 2 rings (SSSR count). The number of benzene rings is 1. The lowest BCUT2D eigenvalue weighted by molar-refractivity contribution is -0.265. The Labute approximate surface area is 156 Å². The third-order valence-electron chi connectivity index (χ3n) is 4.32. The van der Waals surface area contributed by atoms with Crippen LogP contribution in [0.15, 0.2) is 54.7 Å². The number of carbonyl (C=O) groups excluding carboxylic acids is 1. The number of rotatable bonds is 7. The summed E-state index contributed by atoms with van der Waals surface area (Å²) in [6.45, 7) is 3.75. The number of hydrogen-bond acceptors (Lipinski definition) is 3. The van der Waals surface area contributed by atoms with Gasteiger partial charge >= 0.3 is 6.18 Å². The Morgan fingerprint density at radius 2 is 1.70 bits per heavy atom. The maximum Gasteiger partial charge on any atom is 0.430 e. The first-order valence-corrected chi connectivity index (χ1v) is 8.48. The second kappa shape index (κ2) is 8.08. The molecule has 0 aliphatic heterocycles. The Hall–Kier alpha value is -2.41. The zero-order valence-corrected chi connectivity index (χ0v) is 15.5. The topological polar surface area (TPSA) is 51.2 Å². The van der Waals surface area contributed by atoms with Gasteiger partial charge < -0.3 is 10.1 Å². The predicted molar refractivity (Wildman–Crippen MR) is 95.9 cm³/mol. The van der Waals surface area contributed by atoms with Gasteiger partial charge in [0.2, 0.25) is 0 Å². The highest BCUT2D eigenvalue weighted by Crippen LogP contribution is 2.42. The maximum atomic E-state index is 13.9. The van der Waals surface area contributed by atoms with E-state index < -0.39 is 23.1 Å². The Bertz CT molecular complexity index is 749. The molecule has 1 aromatic heterocycles. The highest BCUT2D eigenvalue weighted by atomic mass is 19.4. The van der Waals surface area contributed by atoms with Gasteiger partial charge in [0.05, 0.1) is 0 Å². The van der Waals surface area contributed by atoms with Crippen molar-refractivity contribution in [2.75, 3.05) is 13.7 Å². The van der Waals surface area contributed by atoms with Crippen molar-refractivity contribution < 1.29 is 22.7 Å². The largest absolute Gasteiger partial charge is 0.430 e. The van der Waals surface area contributed by atoms with Crippen LogP contribution in [0.1, 0.15) is 25.1 Å². The third kappa shape index (κ3) is 4.66. The third-order valence-corrected chi connectivity index (χ3v) is 4.32. The first-order valence-electron chi connectivity index (χ1n) is 8.48. The van der Waals surface area contributed by atoms with Crippen LogP contribution in [0.3, 0.4) is 0 Å². The summed E-state index contributed by atoms with van der Waals surface area (Å²) in [7, 11) is 0.888. The van der Waals surface area contributed by atoms with E-state index in [1.54, 1.807) is 18.3 Å². The van der Waals surface area contributed by atoms with Crippen molar-refractivity contribution >= 4 is 5.91 Å². The van der Waals surface area contributed by atoms with E-state index in [4.69, 9.17) is 4.74 Å². The van der Waals surface area contributed by atoms with Gasteiger partial charge in [-0.15, -0.1) is 0 Å². The smallest absolute Gasteiger partial charge is 0.356 e. The zero-order valence-electron chi connectivity index (χ0n) is 15.5. The van der Waals surface area contributed by atoms with Crippen LogP contribution in [0.4, 0.5) is 13.2 Å². The summed E-state index contributed by atoms with van der Waals surface area (Å²) in [6.07, 6.45) is -2.76. The Morgan fingerprint density at radius 3 is 2.22 bits per heavy atom. The molecule has 0 fully saturated rings. The van der Waals surface area contributed by atoms with Crippen LogP contribution < -0.4 is 5.32 Å². The molecule has 0 spiro atoms. The molecule has 4 nitrogen and oxygen atoms in total. The molecule has 7 heteroatoms. The van der Waals surface area contributed by atoms with Crippen LogP contribution in [-0.2, 0) is 21.6 Å². The molecule has 1 atom stereocenters. The molecule has 0 radical (unpaired) electrons. The summed E-state index contributed by atoms with van der Waals surface area (Å²) >= 11 is 0. The fourth-order valence-corrected chi connectivity index (χ4v) is 2.92. The Kier molecular flexibility index (Phi) is 6.26. The van der Waals surface area contributed by atoms with Crippen molar-refractivity contribution in [1.29, 1.82) is 0 Å². The van der Waals surface area contributed by atoms with Gasteiger partial charge in [-0.2, -0.15) is 13.2 Å². The zero-order chi connectivity index (χ0) is 20.1. The monoisotopic (exact) mass is 380 g/mol. The quantitative estimate of drug-likeness (QED) is 0.793. The van der Waals surface area contributed by atoms with Crippen LogP contribution in [-0.4, -0.2) is 30.7 Å². The highest BCUT2D eigenvalue weighted by Gasteiger charge is 2.62. The number of aromatic nitrogens is 1. The first kappa shape index (κ1) is 20.9. The lowest BCUT2D eigenvalue weighted by Gasteiger charge is -2.34. The van der Waals surface area contributed by atoms with E-state index in [9.17, 15) is 18.0 Å².